The number of nitrogens with zero attached hydrogens (tertiary/aromatic N) is 4. The van der Waals surface area contributed by atoms with Gasteiger partial charge in [0.2, 0.25) is 0 Å². The molecule has 2 aliphatic rings. The molecular formula is C16H21N5O2S. The van der Waals surface area contributed by atoms with Gasteiger partial charge in [0.25, 0.3) is 10.0 Å². The van der Waals surface area contributed by atoms with Gasteiger partial charge in [-0.3, -0.25) is 0 Å². The molecule has 0 spiro atoms. The maximum atomic E-state index is 12.4. The molecule has 0 radical (unpaired) electrons. The second-order valence-corrected chi connectivity index (χ2v) is 8.26. The van der Waals surface area contributed by atoms with Gasteiger partial charge in [-0.25, -0.2) is 23.1 Å². The van der Waals surface area contributed by atoms with Crippen LogP contribution in [0.3, 0.4) is 0 Å². The Bertz CT molecular complexity index is 857. The molecule has 1 saturated carbocycles. The van der Waals surface area contributed by atoms with Gasteiger partial charge >= 0.3 is 0 Å². The molecule has 0 atom stereocenters. The third kappa shape index (κ3) is 3.03. The van der Waals surface area contributed by atoms with Crippen molar-refractivity contribution < 1.29 is 8.42 Å². The average molecular weight is 347 g/mol. The van der Waals surface area contributed by atoms with E-state index in [-0.39, 0.29) is 5.03 Å². The van der Waals surface area contributed by atoms with Crippen LogP contribution in [-0.4, -0.2) is 36.0 Å². The van der Waals surface area contributed by atoms with E-state index in [1.807, 2.05) is 24.0 Å². The van der Waals surface area contributed by atoms with E-state index < -0.39 is 10.0 Å². The third-order valence-electron chi connectivity index (χ3n) is 4.67. The lowest BCUT2D eigenvalue weighted by Gasteiger charge is -2.28. The van der Waals surface area contributed by atoms with Gasteiger partial charge in [-0.2, -0.15) is 0 Å². The van der Waals surface area contributed by atoms with Gasteiger partial charge in [-0.1, -0.05) is 6.07 Å². The standard InChI is InChI=1S/C16H21N5O2S/c1-20-11-17-13-10-21(8-7-14(13)20)15-3-2-4-16(19-15)24(22,23)18-9-12-5-6-12/h2-4,11-12,18H,5-10H2,1H3. The quantitative estimate of drug-likeness (QED) is 0.875. The minimum Gasteiger partial charge on any atom is -0.350 e. The first-order valence-corrected chi connectivity index (χ1v) is 9.72. The Hall–Kier alpha value is -1.93. The van der Waals surface area contributed by atoms with E-state index in [0.29, 0.717) is 24.8 Å². The molecule has 0 saturated heterocycles. The summed E-state index contributed by atoms with van der Waals surface area (Å²) in [7, 11) is -1.54. The second kappa shape index (κ2) is 5.86. The van der Waals surface area contributed by atoms with Crippen molar-refractivity contribution in [1.29, 1.82) is 0 Å². The minimum absolute atomic E-state index is 0.0902. The van der Waals surface area contributed by atoms with Crippen molar-refractivity contribution in [1.82, 2.24) is 19.3 Å². The molecule has 24 heavy (non-hydrogen) atoms. The Morgan fingerprint density at radius 2 is 2.17 bits per heavy atom. The number of hydrogen-bond donors (Lipinski definition) is 1. The van der Waals surface area contributed by atoms with Crippen LogP contribution in [0.15, 0.2) is 29.6 Å². The van der Waals surface area contributed by atoms with Crippen molar-refractivity contribution in [3.63, 3.8) is 0 Å². The van der Waals surface area contributed by atoms with Crippen molar-refractivity contribution in [2.24, 2.45) is 13.0 Å². The number of fused-ring (bicyclic) bond motifs is 1. The van der Waals surface area contributed by atoms with Gasteiger partial charge in [0.15, 0.2) is 5.03 Å². The summed E-state index contributed by atoms with van der Waals surface area (Å²) in [6, 6.07) is 5.16. The Morgan fingerprint density at radius 1 is 1.33 bits per heavy atom. The van der Waals surface area contributed by atoms with E-state index in [1.165, 1.54) is 5.69 Å². The number of pyridine rings is 1. The smallest absolute Gasteiger partial charge is 0.258 e. The number of aryl methyl sites for hydroxylation is 1. The summed E-state index contributed by atoms with van der Waals surface area (Å²) in [5.41, 5.74) is 2.27. The fraction of sp³-hybridized carbons (Fsp3) is 0.500. The molecule has 1 N–H and O–H groups in total. The molecule has 4 rings (SSSR count). The number of nitrogens with one attached hydrogen (secondary N) is 1. The SMILES string of the molecule is Cn1cnc2c1CCN(c1cccc(S(=O)(=O)NCC3CC3)n1)C2. The molecule has 2 aromatic rings. The van der Waals surface area contributed by atoms with Crippen LogP contribution >= 0.6 is 0 Å². The van der Waals surface area contributed by atoms with Crippen LogP contribution in [-0.2, 0) is 30.0 Å². The number of sulfonamides is 1. The van der Waals surface area contributed by atoms with E-state index in [0.717, 1.165) is 31.5 Å². The largest absolute Gasteiger partial charge is 0.350 e. The fourth-order valence-corrected chi connectivity index (χ4v) is 4.08. The summed E-state index contributed by atoms with van der Waals surface area (Å²) >= 11 is 0. The Morgan fingerprint density at radius 3 is 2.96 bits per heavy atom. The summed E-state index contributed by atoms with van der Waals surface area (Å²) in [5.74, 6) is 1.17. The van der Waals surface area contributed by atoms with Gasteiger partial charge in [0.05, 0.1) is 18.6 Å². The summed E-state index contributed by atoms with van der Waals surface area (Å²) < 4.78 is 29.5. The summed E-state index contributed by atoms with van der Waals surface area (Å²) in [6.07, 6.45) is 4.92. The van der Waals surface area contributed by atoms with Gasteiger partial charge < -0.3 is 9.47 Å². The first-order valence-electron chi connectivity index (χ1n) is 8.24. The molecule has 0 bridgehead atoms. The summed E-state index contributed by atoms with van der Waals surface area (Å²) in [5, 5.41) is 0.0902. The van der Waals surface area contributed by atoms with Crippen molar-refractivity contribution in [2.45, 2.75) is 30.8 Å². The van der Waals surface area contributed by atoms with Gasteiger partial charge in [-0.05, 0) is 30.9 Å². The van der Waals surface area contributed by atoms with Crippen LogP contribution < -0.4 is 9.62 Å². The van der Waals surface area contributed by atoms with Crippen molar-refractivity contribution >= 4 is 15.8 Å². The molecule has 3 heterocycles. The molecule has 2 aromatic heterocycles. The predicted octanol–water partition coefficient (Wildman–Crippen LogP) is 1.07. The number of hydrogen-bond acceptors (Lipinski definition) is 5. The molecule has 0 unspecified atom stereocenters. The molecule has 1 fully saturated rings. The van der Waals surface area contributed by atoms with Crippen LogP contribution in [0.4, 0.5) is 5.82 Å². The van der Waals surface area contributed by atoms with E-state index >= 15 is 0 Å². The third-order valence-corrected chi connectivity index (χ3v) is 6.00. The topological polar surface area (TPSA) is 80.1 Å². The highest BCUT2D eigenvalue weighted by molar-refractivity contribution is 7.89. The lowest BCUT2D eigenvalue weighted by Crippen LogP contribution is -2.32. The van der Waals surface area contributed by atoms with Crippen LogP contribution in [0.25, 0.3) is 0 Å². The molecule has 0 amide bonds. The fourth-order valence-electron chi connectivity index (χ4n) is 3.01. The summed E-state index contributed by atoms with van der Waals surface area (Å²) in [6.45, 7) is 1.97. The normalized spacial score (nSPS) is 17.8. The molecule has 8 heteroatoms. The van der Waals surface area contributed by atoms with Crippen LogP contribution in [0.5, 0.6) is 0 Å². The van der Waals surface area contributed by atoms with Crippen LogP contribution in [0, 0.1) is 5.92 Å². The zero-order valence-corrected chi connectivity index (χ0v) is 14.5. The van der Waals surface area contributed by atoms with Crippen molar-refractivity contribution in [3.05, 3.63) is 35.9 Å². The highest BCUT2D eigenvalue weighted by Crippen LogP contribution is 2.28. The van der Waals surface area contributed by atoms with E-state index in [2.05, 4.69) is 19.6 Å². The molecule has 7 nitrogen and oxygen atoms in total. The maximum Gasteiger partial charge on any atom is 0.258 e. The van der Waals surface area contributed by atoms with E-state index in [9.17, 15) is 8.42 Å². The predicted molar refractivity (Wildman–Crippen MR) is 90.1 cm³/mol. The van der Waals surface area contributed by atoms with Gasteiger partial charge in [-0.15, -0.1) is 0 Å². The van der Waals surface area contributed by atoms with Crippen molar-refractivity contribution in [2.75, 3.05) is 18.0 Å². The number of anilines is 1. The lowest BCUT2D eigenvalue weighted by atomic mass is 10.1. The van der Waals surface area contributed by atoms with Crippen LogP contribution in [0.1, 0.15) is 24.2 Å². The Balaban J connectivity index is 1.54. The molecule has 1 aliphatic carbocycles. The Kier molecular flexibility index (Phi) is 3.80. The molecule has 128 valence electrons. The molecular weight excluding hydrogens is 326 g/mol. The average Bonchev–Trinajstić information content (AvgIpc) is 3.36. The van der Waals surface area contributed by atoms with Crippen LogP contribution in [0.2, 0.25) is 0 Å². The lowest BCUT2D eigenvalue weighted by molar-refractivity contribution is 0.573. The molecule has 1 aliphatic heterocycles. The van der Waals surface area contributed by atoms with Gasteiger partial charge in [0, 0.05) is 32.3 Å². The second-order valence-electron chi connectivity index (χ2n) is 6.55. The Labute approximate surface area is 141 Å². The maximum absolute atomic E-state index is 12.4. The van der Waals surface area contributed by atoms with E-state index in [1.54, 1.807) is 12.1 Å². The summed E-state index contributed by atoms with van der Waals surface area (Å²) in [4.78, 5) is 10.9. The molecule has 0 aromatic carbocycles. The van der Waals surface area contributed by atoms with Crippen molar-refractivity contribution in [3.8, 4) is 0 Å². The first-order chi connectivity index (χ1) is 11.5. The number of imidazole rings is 1. The number of aromatic nitrogens is 3. The highest BCUT2D eigenvalue weighted by atomic mass is 32.2. The highest BCUT2D eigenvalue weighted by Gasteiger charge is 2.26. The van der Waals surface area contributed by atoms with E-state index in [4.69, 9.17) is 0 Å². The monoisotopic (exact) mass is 347 g/mol. The number of rotatable bonds is 5. The zero-order valence-electron chi connectivity index (χ0n) is 13.6. The van der Waals surface area contributed by atoms with Gasteiger partial charge in [0.1, 0.15) is 5.82 Å². The zero-order chi connectivity index (χ0) is 16.7. The minimum atomic E-state index is -3.54. The first kappa shape index (κ1) is 15.6.